The number of carbonyl (C=O) groups is 1. The molecule has 0 aromatic heterocycles. The van der Waals surface area contributed by atoms with Crippen molar-refractivity contribution in [2.24, 2.45) is 0 Å². The number of carbonyl (C=O) groups excluding carboxylic acids is 1. The fourth-order valence-corrected chi connectivity index (χ4v) is 3.32. The van der Waals surface area contributed by atoms with Gasteiger partial charge in [-0.3, -0.25) is 4.79 Å². The van der Waals surface area contributed by atoms with Crippen LogP contribution in [0.2, 0.25) is 0 Å². The van der Waals surface area contributed by atoms with Crippen LogP contribution in [0, 0.1) is 0 Å². The molecule has 4 nitrogen and oxygen atoms in total. The molecule has 0 heterocycles. The summed E-state index contributed by atoms with van der Waals surface area (Å²) in [6.45, 7) is 8.34. The topological polar surface area (TPSA) is 32.8 Å². The Balaban J connectivity index is 2.08. The Kier molecular flexibility index (Phi) is 6.75. The van der Waals surface area contributed by atoms with Crippen LogP contribution in [0.25, 0.3) is 0 Å². The summed E-state index contributed by atoms with van der Waals surface area (Å²) in [5, 5.41) is 0.455. The van der Waals surface area contributed by atoms with Crippen LogP contribution in [0.1, 0.15) is 38.1 Å². The number of rotatable bonds is 5. The highest BCUT2D eigenvalue weighted by Crippen LogP contribution is 2.21. The number of benzene rings is 2. The number of amides is 1. The molecule has 0 spiro atoms. The molecule has 0 bridgehead atoms. The van der Waals surface area contributed by atoms with Crippen LogP contribution in [0.3, 0.4) is 0 Å². The number of hydrogen-bond acceptors (Lipinski definition) is 3. The summed E-state index contributed by atoms with van der Waals surface area (Å²) in [5.74, 6) is 0.603. The lowest BCUT2D eigenvalue weighted by Gasteiger charge is -2.32. The number of thiocarbonyl (C=S) groups is 1. The second-order valence-electron chi connectivity index (χ2n) is 6.69. The van der Waals surface area contributed by atoms with Crippen LogP contribution >= 0.6 is 12.2 Å². The monoisotopic (exact) mass is 370 g/mol. The molecule has 2 aromatic carbocycles. The zero-order valence-electron chi connectivity index (χ0n) is 16.0. The molecule has 0 radical (unpaired) electrons. The third-order valence-electron chi connectivity index (χ3n) is 4.08. The highest BCUT2D eigenvalue weighted by atomic mass is 32.1. The van der Waals surface area contributed by atoms with Gasteiger partial charge in [0.25, 0.3) is 11.1 Å². The number of nitrogens with zero attached hydrogens (tertiary/aromatic N) is 2. The molecule has 0 aliphatic heterocycles. The molecule has 0 unspecified atom stereocenters. The first-order valence-corrected chi connectivity index (χ1v) is 9.15. The summed E-state index contributed by atoms with van der Waals surface area (Å²) in [5.41, 5.74) is 1.45. The zero-order valence-corrected chi connectivity index (χ0v) is 16.8. The lowest BCUT2D eigenvalue weighted by molar-refractivity contribution is 0.0993. The first-order valence-electron chi connectivity index (χ1n) is 8.74. The van der Waals surface area contributed by atoms with Gasteiger partial charge < -0.3 is 14.5 Å². The van der Waals surface area contributed by atoms with E-state index in [1.165, 1.54) is 0 Å². The van der Waals surface area contributed by atoms with Gasteiger partial charge in [0.05, 0.1) is 0 Å². The van der Waals surface area contributed by atoms with Gasteiger partial charge in [0.15, 0.2) is 0 Å². The van der Waals surface area contributed by atoms with E-state index in [4.69, 9.17) is 17.0 Å². The van der Waals surface area contributed by atoms with Gasteiger partial charge in [-0.15, -0.1) is 0 Å². The van der Waals surface area contributed by atoms with E-state index in [1.54, 1.807) is 24.1 Å². The van der Waals surface area contributed by atoms with E-state index in [1.807, 2.05) is 47.4 Å². The Morgan fingerprint density at radius 3 is 1.96 bits per heavy atom. The standard InChI is InChI=1S/C21H26N2O2S/c1-15(2)23(16(3)4)21(26)25-19-13-11-18(12-14-19)22(5)20(24)17-9-7-6-8-10-17/h6-16H,1-5H3. The highest BCUT2D eigenvalue weighted by Gasteiger charge is 2.19. The van der Waals surface area contributed by atoms with Crippen LogP contribution in [0.15, 0.2) is 54.6 Å². The second-order valence-corrected chi connectivity index (χ2v) is 7.04. The van der Waals surface area contributed by atoms with Crippen molar-refractivity contribution in [3.8, 4) is 5.75 Å². The van der Waals surface area contributed by atoms with E-state index < -0.39 is 0 Å². The quantitative estimate of drug-likeness (QED) is 0.712. The lowest BCUT2D eigenvalue weighted by Crippen LogP contribution is -2.43. The number of ether oxygens (including phenoxy) is 1. The van der Waals surface area contributed by atoms with Crippen molar-refractivity contribution in [2.75, 3.05) is 11.9 Å². The van der Waals surface area contributed by atoms with E-state index in [0.717, 1.165) is 5.69 Å². The molecular weight excluding hydrogens is 344 g/mol. The van der Waals surface area contributed by atoms with Crippen LogP contribution in [0.4, 0.5) is 5.69 Å². The van der Waals surface area contributed by atoms with Crippen LogP contribution in [0.5, 0.6) is 5.75 Å². The van der Waals surface area contributed by atoms with Crippen molar-refractivity contribution in [3.05, 3.63) is 60.2 Å². The molecule has 0 saturated heterocycles. The van der Waals surface area contributed by atoms with Crippen molar-refractivity contribution in [1.29, 1.82) is 0 Å². The van der Waals surface area contributed by atoms with Crippen molar-refractivity contribution in [3.63, 3.8) is 0 Å². The van der Waals surface area contributed by atoms with E-state index in [-0.39, 0.29) is 18.0 Å². The molecule has 2 rings (SSSR count). The smallest absolute Gasteiger partial charge is 0.265 e. The fraction of sp³-hybridized carbons (Fsp3) is 0.333. The summed E-state index contributed by atoms with van der Waals surface area (Å²) in [4.78, 5) is 16.2. The Morgan fingerprint density at radius 1 is 0.923 bits per heavy atom. The van der Waals surface area contributed by atoms with E-state index >= 15 is 0 Å². The zero-order chi connectivity index (χ0) is 19.3. The van der Waals surface area contributed by atoms with E-state index in [0.29, 0.717) is 16.5 Å². The highest BCUT2D eigenvalue weighted by molar-refractivity contribution is 7.80. The maximum absolute atomic E-state index is 12.5. The minimum absolute atomic E-state index is 0.0550. The van der Waals surface area contributed by atoms with Gasteiger partial charge in [-0.25, -0.2) is 0 Å². The predicted molar refractivity (Wildman–Crippen MR) is 111 cm³/mol. The summed E-state index contributed by atoms with van der Waals surface area (Å²) < 4.78 is 5.83. The molecule has 2 aromatic rings. The first kappa shape index (κ1) is 19.9. The fourth-order valence-electron chi connectivity index (χ4n) is 2.80. The SMILES string of the molecule is CC(C)N(C(=S)Oc1ccc(N(C)C(=O)c2ccccc2)cc1)C(C)C. The third-order valence-corrected chi connectivity index (χ3v) is 4.37. The van der Waals surface area contributed by atoms with Crippen molar-refractivity contribution in [2.45, 2.75) is 39.8 Å². The molecular formula is C21H26N2O2S. The molecule has 138 valence electrons. The van der Waals surface area contributed by atoms with E-state index in [9.17, 15) is 4.79 Å². The van der Waals surface area contributed by atoms with Gasteiger partial charge >= 0.3 is 0 Å². The Morgan fingerprint density at radius 2 is 1.46 bits per heavy atom. The molecule has 5 heteroatoms. The van der Waals surface area contributed by atoms with Gasteiger partial charge in [0, 0.05) is 30.4 Å². The van der Waals surface area contributed by atoms with Crippen molar-refractivity contribution >= 4 is 29.0 Å². The van der Waals surface area contributed by atoms with Gasteiger partial charge in [0.1, 0.15) is 5.75 Å². The third kappa shape index (κ3) is 4.82. The maximum atomic E-state index is 12.5. The van der Waals surface area contributed by atoms with Crippen molar-refractivity contribution in [1.82, 2.24) is 4.90 Å². The average molecular weight is 371 g/mol. The summed E-state index contributed by atoms with van der Waals surface area (Å²) in [6.07, 6.45) is 0. The maximum Gasteiger partial charge on any atom is 0.265 e. The summed E-state index contributed by atoms with van der Waals surface area (Å²) in [7, 11) is 1.76. The van der Waals surface area contributed by atoms with Gasteiger partial charge in [-0.05, 0) is 76.3 Å². The van der Waals surface area contributed by atoms with Gasteiger partial charge in [-0.1, -0.05) is 18.2 Å². The molecule has 0 N–H and O–H groups in total. The molecule has 0 saturated carbocycles. The average Bonchev–Trinajstić information content (AvgIpc) is 2.61. The summed E-state index contributed by atoms with van der Waals surface area (Å²) in [6, 6.07) is 17.1. The predicted octanol–water partition coefficient (Wildman–Crippen LogP) is 4.75. The van der Waals surface area contributed by atoms with Gasteiger partial charge in [-0.2, -0.15) is 0 Å². The largest absolute Gasteiger partial charge is 0.432 e. The minimum atomic E-state index is -0.0550. The molecule has 1 amide bonds. The van der Waals surface area contributed by atoms with E-state index in [2.05, 4.69) is 27.7 Å². The normalized spacial score (nSPS) is 10.7. The van der Waals surface area contributed by atoms with Crippen LogP contribution < -0.4 is 9.64 Å². The number of hydrogen-bond donors (Lipinski definition) is 0. The molecule has 26 heavy (non-hydrogen) atoms. The van der Waals surface area contributed by atoms with Crippen molar-refractivity contribution < 1.29 is 9.53 Å². The van der Waals surface area contributed by atoms with Crippen LogP contribution in [-0.4, -0.2) is 35.1 Å². The Labute approximate surface area is 161 Å². The van der Waals surface area contributed by atoms with Crippen LogP contribution in [-0.2, 0) is 0 Å². The second kappa shape index (κ2) is 8.81. The lowest BCUT2D eigenvalue weighted by atomic mass is 10.2. The first-order chi connectivity index (χ1) is 12.3. The van der Waals surface area contributed by atoms with Gasteiger partial charge in [0.2, 0.25) is 0 Å². The Hall–Kier alpha value is -2.40. The number of anilines is 1. The minimum Gasteiger partial charge on any atom is -0.432 e. The molecule has 0 fully saturated rings. The molecule has 0 aliphatic carbocycles. The molecule has 0 atom stereocenters. The molecule has 0 aliphatic rings. The Bertz CT molecular complexity index is 734. The summed E-state index contributed by atoms with van der Waals surface area (Å²) >= 11 is 5.44.